The summed E-state index contributed by atoms with van der Waals surface area (Å²) in [6.07, 6.45) is 4.26. The van der Waals surface area contributed by atoms with Crippen molar-refractivity contribution in [2.75, 3.05) is 6.61 Å². The molecule has 0 saturated heterocycles. The molecule has 9 rings (SSSR count). The van der Waals surface area contributed by atoms with Crippen molar-refractivity contribution in [3.05, 3.63) is 129 Å². The first kappa shape index (κ1) is 44.8. The Morgan fingerprint density at radius 3 is 2.17 bits per heavy atom. The lowest BCUT2D eigenvalue weighted by Crippen LogP contribution is -2.51. The minimum Gasteiger partial charge on any atom is -0.507 e. The van der Waals surface area contributed by atoms with E-state index in [0.29, 0.717) is 56.0 Å². The number of aromatic nitrogens is 6. The van der Waals surface area contributed by atoms with Crippen LogP contribution in [0.15, 0.2) is 84.9 Å². The topological polar surface area (TPSA) is 129 Å². The molecule has 0 saturated carbocycles. The lowest BCUT2D eigenvalue weighted by Gasteiger charge is -2.38. The molecule has 5 aromatic carbocycles. The quantitative estimate of drug-likeness (QED) is 0.0866. The maximum Gasteiger partial charge on any atom is 0.306 e. The molecule has 0 bridgehead atoms. The zero-order valence-electron chi connectivity index (χ0n) is 40.2. The highest BCUT2D eigenvalue weighted by Gasteiger charge is 2.37. The molecule has 2 aliphatic heterocycles. The first-order valence-electron chi connectivity index (χ1n) is 23.3. The Hall–Kier alpha value is -6.43. The Morgan fingerprint density at radius 2 is 1.41 bits per heavy atom. The van der Waals surface area contributed by atoms with Gasteiger partial charge in [0.1, 0.15) is 24.6 Å². The second-order valence-electron chi connectivity index (χ2n) is 21.6. The molecule has 0 aliphatic carbocycles. The van der Waals surface area contributed by atoms with Crippen molar-refractivity contribution >= 4 is 28.0 Å². The van der Waals surface area contributed by atoms with E-state index in [0.717, 1.165) is 80.5 Å². The van der Waals surface area contributed by atoms with E-state index in [-0.39, 0.29) is 33.4 Å². The van der Waals surface area contributed by atoms with Gasteiger partial charge in [0.05, 0.1) is 22.4 Å². The van der Waals surface area contributed by atoms with Gasteiger partial charge in [0.15, 0.2) is 11.5 Å². The molecule has 0 unspecified atom stereocenters. The molecular weight excluding hydrogens is 829 g/mol. The number of esters is 1. The number of carbonyl (C=O) groups excluding carboxylic acids is 1. The molecule has 0 spiro atoms. The van der Waals surface area contributed by atoms with Crippen LogP contribution >= 0.6 is 0 Å². The van der Waals surface area contributed by atoms with E-state index >= 15 is 0 Å². The average molecular weight is 893 g/mol. The van der Waals surface area contributed by atoms with Crippen LogP contribution in [0.2, 0.25) is 0 Å². The fourth-order valence-electron chi connectivity index (χ4n) is 10.1. The van der Waals surface area contributed by atoms with Crippen molar-refractivity contribution < 1.29 is 39.1 Å². The summed E-state index contributed by atoms with van der Waals surface area (Å²) < 4.78 is 5.22. The highest BCUT2D eigenvalue weighted by molar-refractivity contribution is 5.72. The lowest BCUT2D eigenvalue weighted by atomic mass is 9.66. The molecule has 344 valence electrons. The number of phenolic OH excluding ortho intramolecular Hbond substituents is 2. The average Bonchev–Trinajstić information content (AvgIpc) is 3.79. The maximum absolute atomic E-state index is 12.3. The Kier molecular flexibility index (Phi) is 11.2. The van der Waals surface area contributed by atoms with Crippen LogP contribution in [0.25, 0.3) is 22.1 Å². The Labute approximate surface area is 387 Å². The molecule has 2 N–H and O–H groups in total. The van der Waals surface area contributed by atoms with E-state index < -0.39 is 0 Å². The Balaban J connectivity index is 0.879. The van der Waals surface area contributed by atoms with Crippen LogP contribution in [-0.2, 0) is 51.7 Å². The largest absolute Gasteiger partial charge is 0.507 e. The summed E-state index contributed by atoms with van der Waals surface area (Å²) in [5.41, 5.74) is 10.6. The summed E-state index contributed by atoms with van der Waals surface area (Å²) in [5, 5.41) is 32.5. The predicted octanol–water partition coefficient (Wildman–Crippen LogP) is 9.62. The molecular formula is C54H64N6O6+2. The van der Waals surface area contributed by atoms with Crippen molar-refractivity contribution in [1.82, 2.24) is 19.8 Å². The van der Waals surface area contributed by atoms with Crippen molar-refractivity contribution in [3.63, 3.8) is 0 Å². The van der Waals surface area contributed by atoms with Gasteiger partial charge in [0.2, 0.25) is 11.0 Å². The second kappa shape index (κ2) is 16.5. The molecule has 12 nitrogen and oxygen atoms in total. The third kappa shape index (κ3) is 8.69. The molecule has 0 fully saturated rings. The maximum atomic E-state index is 12.3. The molecule has 4 heterocycles. The number of aromatic hydroxyl groups is 2. The van der Waals surface area contributed by atoms with Crippen molar-refractivity contribution in [3.8, 4) is 23.0 Å². The zero-order chi connectivity index (χ0) is 46.9. The molecule has 0 radical (unpaired) electrons. The lowest BCUT2D eigenvalue weighted by molar-refractivity contribution is -0.924. The number of rotatable bonds is 13. The number of phenols is 2. The molecule has 7 aromatic rings. The van der Waals surface area contributed by atoms with E-state index in [1.165, 1.54) is 5.56 Å². The van der Waals surface area contributed by atoms with Gasteiger partial charge in [-0.3, -0.25) is 14.5 Å². The second-order valence-corrected chi connectivity index (χ2v) is 21.6. The molecule has 66 heavy (non-hydrogen) atoms. The number of aryl methyl sites for hydroxylation is 1. The first-order chi connectivity index (χ1) is 31.2. The molecule has 0 atom stereocenters. The van der Waals surface area contributed by atoms with Crippen LogP contribution in [-0.4, -0.2) is 42.6 Å². The van der Waals surface area contributed by atoms with E-state index in [1.54, 1.807) is 14.5 Å². The summed E-state index contributed by atoms with van der Waals surface area (Å²) in [7, 11) is 0. The third-order valence-corrected chi connectivity index (χ3v) is 13.7. The van der Waals surface area contributed by atoms with Crippen LogP contribution in [0.5, 0.6) is 23.0 Å². The number of benzene rings is 5. The molecule has 2 aromatic heterocycles. The summed E-state index contributed by atoms with van der Waals surface area (Å²) in [4.78, 5) is 32.1. The SMILES string of the molecule is CCOC(=O)CCc1cc(C(C)(C)C)c(O)c(C(C)(C)CCC(C)(C)CC(C)(C)c2ccc3c(c2)Cn2nc4cc(Cc5cc(O)c6c(c5)O[n+]5c7ccccc7nn5C6)ccc4[n+]2O3)c1. The number of ether oxygens (including phenoxy) is 1. The van der Waals surface area contributed by atoms with Crippen LogP contribution in [0.1, 0.15) is 139 Å². The van der Waals surface area contributed by atoms with Crippen LogP contribution in [0.3, 0.4) is 0 Å². The van der Waals surface area contributed by atoms with Gasteiger partial charge in [-0.1, -0.05) is 98.7 Å². The number of carbonyl (C=O) groups is 1. The number of nitrogens with zero attached hydrogens (tertiary/aromatic N) is 6. The minimum absolute atomic E-state index is 0.0139. The van der Waals surface area contributed by atoms with Crippen LogP contribution in [0, 0.1) is 5.41 Å². The van der Waals surface area contributed by atoms with Gasteiger partial charge in [0.25, 0.3) is 11.0 Å². The molecule has 0 amide bonds. The van der Waals surface area contributed by atoms with Gasteiger partial charge in [-0.2, -0.15) is 0 Å². The number of para-hydroxylation sites is 1. The summed E-state index contributed by atoms with van der Waals surface area (Å²) >= 11 is 0. The number of fused-ring (bicyclic) bond motifs is 8. The van der Waals surface area contributed by atoms with Gasteiger partial charge in [-0.05, 0) is 141 Å². The Bertz CT molecular complexity index is 3020. The normalized spacial score (nSPS) is 13.7. The van der Waals surface area contributed by atoms with Gasteiger partial charge in [-0.15, -0.1) is 0 Å². The van der Waals surface area contributed by atoms with E-state index in [9.17, 15) is 15.0 Å². The van der Waals surface area contributed by atoms with E-state index in [4.69, 9.17) is 19.5 Å². The summed E-state index contributed by atoms with van der Waals surface area (Å²) in [6, 6.07) is 28.6. The van der Waals surface area contributed by atoms with Crippen molar-refractivity contribution in [2.24, 2.45) is 5.41 Å². The third-order valence-electron chi connectivity index (χ3n) is 13.7. The van der Waals surface area contributed by atoms with Crippen molar-refractivity contribution in [1.29, 1.82) is 0 Å². The van der Waals surface area contributed by atoms with Crippen molar-refractivity contribution in [2.45, 2.75) is 137 Å². The number of hydrogen-bond donors (Lipinski definition) is 2. The van der Waals surface area contributed by atoms with Gasteiger partial charge >= 0.3 is 5.97 Å². The molecule has 12 heteroatoms. The minimum atomic E-state index is -0.307. The highest BCUT2D eigenvalue weighted by Crippen LogP contribution is 2.46. The highest BCUT2D eigenvalue weighted by atomic mass is 16.7. The zero-order valence-corrected chi connectivity index (χ0v) is 40.2. The standard InChI is InChI=1S/C54H62N6O6/c1-11-64-49(62)21-17-35-25-40(51(2,3)4)50(63)41(26-35)53(7,8)23-22-52(5,6)33-54(9,10)38-18-20-47-37(30-38)31-57-56-43-27-34(16-19-45(43)60(57)65-47)24-36-28-46(61)39-32-58-55-42-14-12-13-15-44(42)59(58)66-48(39)29-36/h12-16,18-20,25-30H,11,17,21-24,31-33H2,1-10H3/p+2. The number of hydrogen-bond acceptors (Lipinski definition) is 8. The van der Waals surface area contributed by atoms with E-state index in [1.807, 2.05) is 54.2 Å². The fourth-order valence-corrected chi connectivity index (χ4v) is 10.1. The van der Waals surface area contributed by atoms with Gasteiger partial charge in [0, 0.05) is 33.3 Å². The van der Waals surface area contributed by atoms with Crippen LogP contribution < -0.4 is 19.4 Å². The smallest absolute Gasteiger partial charge is 0.306 e. The Morgan fingerprint density at radius 1 is 0.712 bits per heavy atom. The summed E-state index contributed by atoms with van der Waals surface area (Å²) in [6.45, 7) is 23.4. The first-order valence-corrected chi connectivity index (χ1v) is 23.3. The van der Waals surface area contributed by atoms with Crippen LogP contribution in [0.4, 0.5) is 0 Å². The molecule has 2 aliphatic rings. The monoisotopic (exact) mass is 892 g/mol. The van der Waals surface area contributed by atoms with Gasteiger partial charge < -0.3 is 14.9 Å². The van der Waals surface area contributed by atoms with E-state index in [2.05, 4.69) is 110 Å². The predicted molar refractivity (Wildman–Crippen MR) is 253 cm³/mol. The van der Waals surface area contributed by atoms with Gasteiger partial charge in [-0.25, -0.2) is 0 Å². The fraction of sp³-hybridized carbons (Fsp3) is 0.426. The summed E-state index contributed by atoms with van der Waals surface area (Å²) in [5.74, 6) is 1.77.